The van der Waals surface area contributed by atoms with Gasteiger partial charge in [0.25, 0.3) is 0 Å². The Balaban J connectivity index is 1.95. The Morgan fingerprint density at radius 3 is 2.13 bits per heavy atom. The van der Waals surface area contributed by atoms with Crippen LogP contribution < -0.4 is 0 Å². The van der Waals surface area contributed by atoms with Crippen molar-refractivity contribution in [1.29, 1.82) is 0 Å². The van der Waals surface area contributed by atoms with Gasteiger partial charge in [-0.05, 0) is 40.2 Å². The summed E-state index contributed by atoms with van der Waals surface area (Å²) in [5.41, 5.74) is 2.35. The van der Waals surface area contributed by atoms with Gasteiger partial charge in [-0.25, -0.2) is 0 Å². The van der Waals surface area contributed by atoms with Crippen molar-refractivity contribution < 1.29 is 18.9 Å². The Hall–Kier alpha value is -0.940. The summed E-state index contributed by atoms with van der Waals surface area (Å²) in [6, 6.07) is 8.39. The molecule has 0 heterocycles. The topological polar surface area (TPSA) is 36.9 Å². The molecule has 4 heteroatoms. The van der Waals surface area contributed by atoms with Crippen LogP contribution in [0.1, 0.15) is 44.9 Å². The maximum Gasteiger partial charge on any atom is 0.0798 e. The third-order valence-corrected chi connectivity index (χ3v) is 3.24. The molecular formula is C19H32O4. The third kappa shape index (κ3) is 10.4. The van der Waals surface area contributed by atoms with E-state index in [-0.39, 0.29) is 11.7 Å². The van der Waals surface area contributed by atoms with Crippen LogP contribution in [0.3, 0.4) is 0 Å². The molecule has 1 aromatic carbocycles. The molecule has 4 nitrogen and oxygen atoms in total. The number of hydrogen-bond donors (Lipinski definition) is 0. The van der Waals surface area contributed by atoms with Gasteiger partial charge in [0, 0.05) is 0 Å². The molecule has 0 radical (unpaired) electrons. The second-order valence-electron chi connectivity index (χ2n) is 6.61. The summed E-state index contributed by atoms with van der Waals surface area (Å²) in [6.45, 7) is 13.8. The molecule has 0 fully saturated rings. The molecule has 0 aliphatic heterocycles. The van der Waals surface area contributed by atoms with E-state index in [4.69, 9.17) is 18.9 Å². The lowest BCUT2D eigenvalue weighted by molar-refractivity contribution is -0.0472. The van der Waals surface area contributed by atoms with Crippen molar-refractivity contribution in [2.45, 2.75) is 46.3 Å². The zero-order chi connectivity index (χ0) is 17.1. The molecule has 0 bridgehead atoms. The van der Waals surface area contributed by atoms with Crippen LogP contribution in [0.4, 0.5) is 0 Å². The van der Waals surface area contributed by atoms with Crippen molar-refractivity contribution in [3.63, 3.8) is 0 Å². The summed E-state index contributed by atoms with van der Waals surface area (Å²) in [7, 11) is 0. The Morgan fingerprint density at radius 2 is 1.52 bits per heavy atom. The highest BCUT2D eigenvalue weighted by Crippen LogP contribution is 2.17. The average molecular weight is 324 g/mol. The van der Waals surface area contributed by atoms with E-state index in [1.807, 2.05) is 20.8 Å². The van der Waals surface area contributed by atoms with Crippen LogP contribution in [0, 0.1) is 6.92 Å². The fourth-order valence-electron chi connectivity index (χ4n) is 2.03. The van der Waals surface area contributed by atoms with Gasteiger partial charge in [-0.2, -0.15) is 0 Å². The van der Waals surface area contributed by atoms with E-state index in [0.717, 1.165) is 0 Å². The van der Waals surface area contributed by atoms with Crippen molar-refractivity contribution >= 4 is 0 Å². The van der Waals surface area contributed by atoms with Crippen LogP contribution in [-0.4, -0.2) is 45.2 Å². The van der Waals surface area contributed by atoms with E-state index in [9.17, 15) is 0 Å². The van der Waals surface area contributed by atoms with Crippen molar-refractivity contribution in [2.24, 2.45) is 0 Å². The van der Waals surface area contributed by atoms with Gasteiger partial charge in [0.05, 0.1) is 51.3 Å². The number of rotatable bonds is 11. The summed E-state index contributed by atoms with van der Waals surface area (Å²) in [5, 5.41) is 0. The summed E-state index contributed by atoms with van der Waals surface area (Å²) in [5.74, 6) is 0. The molecule has 0 aliphatic rings. The van der Waals surface area contributed by atoms with Gasteiger partial charge in [-0.15, -0.1) is 0 Å². The highest BCUT2D eigenvalue weighted by molar-refractivity contribution is 5.23. The lowest BCUT2D eigenvalue weighted by atomic mass is 10.1. The monoisotopic (exact) mass is 324 g/mol. The minimum atomic E-state index is -0.106. The van der Waals surface area contributed by atoms with Gasteiger partial charge in [0.1, 0.15) is 0 Å². The summed E-state index contributed by atoms with van der Waals surface area (Å²) < 4.78 is 22.3. The third-order valence-electron chi connectivity index (χ3n) is 3.24. The van der Waals surface area contributed by atoms with Gasteiger partial charge in [-0.1, -0.05) is 29.8 Å². The first-order chi connectivity index (χ1) is 10.9. The second-order valence-corrected chi connectivity index (χ2v) is 6.61. The van der Waals surface area contributed by atoms with E-state index in [1.54, 1.807) is 0 Å². The molecule has 0 aliphatic carbocycles. The Morgan fingerprint density at radius 1 is 0.913 bits per heavy atom. The van der Waals surface area contributed by atoms with Crippen LogP contribution in [0.5, 0.6) is 0 Å². The van der Waals surface area contributed by atoms with Gasteiger partial charge < -0.3 is 18.9 Å². The molecule has 0 spiro atoms. The Kier molecular flexibility index (Phi) is 9.41. The zero-order valence-electron chi connectivity index (χ0n) is 15.3. The largest absolute Gasteiger partial charge is 0.377 e. The van der Waals surface area contributed by atoms with E-state index in [2.05, 4.69) is 38.1 Å². The first-order valence-electron chi connectivity index (χ1n) is 8.36. The number of aryl methyl sites for hydroxylation is 1. The van der Waals surface area contributed by atoms with E-state index < -0.39 is 0 Å². The predicted molar refractivity (Wildman–Crippen MR) is 92.9 cm³/mol. The van der Waals surface area contributed by atoms with Crippen LogP contribution in [0.25, 0.3) is 0 Å². The highest BCUT2D eigenvalue weighted by Gasteiger charge is 2.09. The van der Waals surface area contributed by atoms with E-state index in [0.29, 0.717) is 39.6 Å². The average Bonchev–Trinajstić information content (AvgIpc) is 2.47. The second kappa shape index (κ2) is 10.8. The van der Waals surface area contributed by atoms with Crippen LogP contribution in [0.15, 0.2) is 24.3 Å². The highest BCUT2D eigenvalue weighted by atomic mass is 16.6. The SMILES string of the molecule is Cc1cccc(C(C)OCCOCCOCCOC(C)(C)C)c1. The minimum Gasteiger partial charge on any atom is -0.377 e. The summed E-state index contributed by atoms with van der Waals surface area (Å²) >= 11 is 0. The maximum absolute atomic E-state index is 5.78. The molecule has 1 aromatic rings. The van der Waals surface area contributed by atoms with Gasteiger partial charge in [0.2, 0.25) is 0 Å². The number of ether oxygens (including phenoxy) is 4. The quantitative estimate of drug-likeness (QED) is 0.578. The maximum atomic E-state index is 5.78. The molecule has 1 atom stereocenters. The van der Waals surface area contributed by atoms with Crippen LogP contribution >= 0.6 is 0 Å². The predicted octanol–water partition coefficient (Wildman–Crippen LogP) is 3.92. The van der Waals surface area contributed by atoms with Gasteiger partial charge >= 0.3 is 0 Å². The molecule has 1 rings (SSSR count). The molecule has 0 saturated heterocycles. The standard InChI is InChI=1S/C19H32O4/c1-16-7-6-8-18(15-16)17(2)22-13-11-20-9-10-21-12-14-23-19(3,4)5/h6-8,15,17H,9-14H2,1-5H3. The Bertz CT molecular complexity index is 426. The van der Waals surface area contributed by atoms with E-state index in [1.165, 1.54) is 11.1 Å². The number of hydrogen-bond acceptors (Lipinski definition) is 4. The molecule has 0 N–H and O–H groups in total. The lowest BCUT2D eigenvalue weighted by Crippen LogP contribution is -2.22. The molecule has 0 aromatic heterocycles. The molecule has 1 unspecified atom stereocenters. The first-order valence-corrected chi connectivity index (χ1v) is 8.36. The molecule has 0 amide bonds. The smallest absolute Gasteiger partial charge is 0.0798 e. The van der Waals surface area contributed by atoms with Crippen molar-refractivity contribution in [3.05, 3.63) is 35.4 Å². The van der Waals surface area contributed by atoms with E-state index >= 15 is 0 Å². The van der Waals surface area contributed by atoms with Crippen molar-refractivity contribution in [2.75, 3.05) is 39.6 Å². The van der Waals surface area contributed by atoms with Gasteiger partial charge in [-0.3, -0.25) is 0 Å². The fourth-order valence-corrected chi connectivity index (χ4v) is 2.03. The molecule has 0 saturated carbocycles. The normalized spacial score (nSPS) is 13.3. The first kappa shape index (κ1) is 20.1. The minimum absolute atomic E-state index is 0.0873. The lowest BCUT2D eigenvalue weighted by Gasteiger charge is -2.19. The number of benzene rings is 1. The molecule has 23 heavy (non-hydrogen) atoms. The van der Waals surface area contributed by atoms with Crippen molar-refractivity contribution in [3.8, 4) is 0 Å². The fraction of sp³-hybridized carbons (Fsp3) is 0.684. The molecular weight excluding hydrogens is 292 g/mol. The molecule has 132 valence electrons. The zero-order valence-corrected chi connectivity index (χ0v) is 15.3. The summed E-state index contributed by atoms with van der Waals surface area (Å²) in [4.78, 5) is 0. The summed E-state index contributed by atoms with van der Waals surface area (Å²) in [6.07, 6.45) is 0.0873. The van der Waals surface area contributed by atoms with Crippen LogP contribution in [-0.2, 0) is 18.9 Å². The van der Waals surface area contributed by atoms with Crippen molar-refractivity contribution in [1.82, 2.24) is 0 Å². The van der Waals surface area contributed by atoms with Gasteiger partial charge in [0.15, 0.2) is 0 Å². The Labute approximate surface area is 141 Å². The van der Waals surface area contributed by atoms with Crippen LogP contribution in [0.2, 0.25) is 0 Å².